The van der Waals surface area contributed by atoms with E-state index in [9.17, 15) is 8.78 Å². The van der Waals surface area contributed by atoms with E-state index < -0.39 is 11.9 Å². The molecule has 0 aliphatic carbocycles. The molecule has 4 heteroatoms. The van der Waals surface area contributed by atoms with Gasteiger partial charge in [-0.1, -0.05) is 0 Å². The van der Waals surface area contributed by atoms with Crippen molar-refractivity contribution < 1.29 is 8.78 Å². The molecule has 2 rings (SSSR count). The highest BCUT2D eigenvalue weighted by Gasteiger charge is 2.00. The number of nitrogens with one attached hydrogen (secondary N) is 1. The third-order valence-corrected chi connectivity index (χ3v) is 1.42. The first-order chi connectivity index (χ1) is 5.25. The number of hydrogen-bond donors (Lipinski definition) is 1. The van der Waals surface area contributed by atoms with Gasteiger partial charge in [-0.3, -0.25) is 0 Å². The first kappa shape index (κ1) is 6.27. The Morgan fingerprint density at radius 1 is 1.27 bits per heavy atom. The van der Waals surface area contributed by atoms with Crippen LogP contribution in [0, 0.1) is 11.9 Å². The van der Waals surface area contributed by atoms with E-state index in [1.54, 1.807) is 0 Å². The van der Waals surface area contributed by atoms with Gasteiger partial charge in [0.1, 0.15) is 5.82 Å². The van der Waals surface area contributed by atoms with Gasteiger partial charge in [0, 0.05) is 0 Å². The third kappa shape index (κ3) is 0.960. The average Bonchev–Trinajstić information content (AvgIpc) is 2.27. The van der Waals surface area contributed by atoms with Crippen molar-refractivity contribution in [3.8, 4) is 0 Å². The minimum absolute atomic E-state index is 0.377. The molecule has 0 saturated heterocycles. The van der Waals surface area contributed by atoms with Gasteiger partial charge in [0.05, 0.1) is 11.0 Å². The molecule has 1 N–H and O–H groups in total. The maximum absolute atomic E-state index is 12.5. The maximum Gasteiger partial charge on any atom is 0.287 e. The lowest BCUT2D eigenvalue weighted by Crippen LogP contribution is -1.72. The number of nitrogens with zero attached hydrogens (tertiary/aromatic N) is 1. The second-order valence-electron chi connectivity index (χ2n) is 2.19. The van der Waals surface area contributed by atoms with Crippen molar-refractivity contribution in [2.24, 2.45) is 0 Å². The number of halogens is 2. The largest absolute Gasteiger partial charge is 0.314 e. The summed E-state index contributed by atoms with van der Waals surface area (Å²) in [6.07, 6.45) is -0.689. The Morgan fingerprint density at radius 3 is 2.91 bits per heavy atom. The minimum atomic E-state index is -0.689. The lowest BCUT2D eigenvalue weighted by molar-refractivity contribution is 0.556. The minimum Gasteiger partial charge on any atom is -0.314 e. The Balaban J connectivity index is 2.82. The average molecular weight is 154 g/mol. The molecule has 0 aliphatic heterocycles. The number of hydrogen-bond acceptors (Lipinski definition) is 1. The highest BCUT2D eigenvalue weighted by molar-refractivity contribution is 5.74. The molecule has 2 aromatic rings. The van der Waals surface area contributed by atoms with Crippen molar-refractivity contribution in [2.45, 2.75) is 0 Å². The molecule has 0 unspecified atom stereocenters. The van der Waals surface area contributed by atoms with Gasteiger partial charge in [-0.05, 0) is 18.2 Å². The van der Waals surface area contributed by atoms with Crippen LogP contribution in [0.3, 0.4) is 0 Å². The predicted octanol–water partition coefficient (Wildman–Crippen LogP) is 1.84. The maximum atomic E-state index is 12.5. The van der Waals surface area contributed by atoms with Gasteiger partial charge >= 0.3 is 0 Å². The summed E-state index contributed by atoms with van der Waals surface area (Å²) >= 11 is 0. The zero-order chi connectivity index (χ0) is 7.84. The summed E-state index contributed by atoms with van der Waals surface area (Å²) in [5.74, 6) is -0.402. The summed E-state index contributed by atoms with van der Waals surface area (Å²) in [5, 5.41) is 0. The van der Waals surface area contributed by atoms with Crippen molar-refractivity contribution in [1.29, 1.82) is 0 Å². The Labute approximate surface area is 60.9 Å². The first-order valence-electron chi connectivity index (χ1n) is 3.06. The number of fused-ring (bicyclic) bond motifs is 1. The lowest BCUT2D eigenvalue weighted by atomic mass is 10.3. The normalized spacial score (nSPS) is 10.7. The third-order valence-electron chi connectivity index (χ3n) is 1.42. The van der Waals surface area contributed by atoms with Gasteiger partial charge in [0.15, 0.2) is 0 Å². The molecule has 56 valence electrons. The molecule has 0 atom stereocenters. The Hall–Kier alpha value is -1.45. The molecular weight excluding hydrogens is 150 g/mol. The number of imidazole rings is 1. The topological polar surface area (TPSA) is 28.7 Å². The Kier molecular flexibility index (Phi) is 1.15. The number of rotatable bonds is 0. The standard InChI is InChI=1S/C7H4F2N2/c8-4-1-2-5-6(3-4)11-7(9)10-5/h1-3H,(H,10,11). The van der Waals surface area contributed by atoms with Crippen LogP contribution in [0.25, 0.3) is 11.0 Å². The van der Waals surface area contributed by atoms with Gasteiger partial charge in [-0.2, -0.15) is 4.39 Å². The number of H-pyrrole nitrogens is 1. The molecule has 1 aromatic carbocycles. The fourth-order valence-electron chi connectivity index (χ4n) is 0.951. The van der Waals surface area contributed by atoms with E-state index in [0.717, 1.165) is 0 Å². The van der Waals surface area contributed by atoms with Crippen molar-refractivity contribution in [3.63, 3.8) is 0 Å². The van der Waals surface area contributed by atoms with E-state index in [2.05, 4.69) is 9.97 Å². The molecule has 0 aliphatic rings. The van der Waals surface area contributed by atoms with Crippen molar-refractivity contribution in [1.82, 2.24) is 9.97 Å². The van der Waals surface area contributed by atoms with Crippen LogP contribution in [0.5, 0.6) is 0 Å². The summed E-state index contributed by atoms with van der Waals surface area (Å²) in [6.45, 7) is 0. The molecule has 1 aromatic heterocycles. The number of aromatic amines is 1. The summed E-state index contributed by atoms with van der Waals surface area (Å²) < 4.78 is 24.8. The monoisotopic (exact) mass is 154 g/mol. The van der Waals surface area contributed by atoms with E-state index in [0.29, 0.717) is 11.0 Å². The fourth-order valence-corrected chi connectivity index (χ4v) is 0.951. The van der Waals surface area contributed by atoms with E-state index in [-0.39, 0.29) is 0 Å². The molecule has 2 nitrogen and oxygen atoms in total. The van der Waals surface area contributed by atoms with Gasteiger partial charge in [0.25, 0.3) is 6.08 Å². The molecule has 0 fully saturated rings. The van der Waals surface area contributed by atoms with Crippen LogP contribution >= 0.6 is 0 Å². The van der Waals surface area contributed by atoms with Gasteiger partial charge in [0.2, 0.25) is 0 Å². The van der Waals surface area contributed by atoms with Crippen molar-refractivity contribution >= 4 is 11.0 Å². The highest BCUT2D eigenvalue weighted by atomic mass is 19.1. The molecule has 0 amide bonds. The number of benzene rings is 1. The van der Waals surface area contributed by atoms with Crippen LogP contribution in [0.2, 0.25) is 0 Å². The zero-order valence-electron chi connectivity index (χ0n) is 5.44. The summed E-state index contributed by atoms with van der Waals surface area (Å²) in [4.78, 5) is 5.75. The Morgan fingerprint density at radius 2 is 2.09 bits per heavy atom. The van der Waals surface area contributed by atoms with Crippen LogP contribution in [-0.2, 0) is 0 Å². The van der Waals surface area contributed by atoms with E-state index in [1.165, 1.54) is 18.2 Å². The van der Waals surface area contributed by atoms with Crippen LogP contribution in [-0.4, -0.2) is 9.97 Å². The summed E-state index contributed by atoms with van der Waals surface area (Å²) in [6, 6.07) is 3.86. The van der Waals surface area contributed by atoms with Gasteiger partial charge in [-0.15, -0.1) is 0 Å². The highest BCUT2D eigenvalue weighted by Crippen LogP contribution is 2.11. The summed E-state index contributed by atoms with van der Waals surface area (Å²) in [5.41, 5.74) is 0.811. The van der Waals surface area contributed by atoms with Crippen LogP contribution in [0.1, 0.15) is 0 Å². The molecular formula is C7H4F2N2. The van der Waals surface area contributed by atoms with E-state index >= 15 is 0 Å². The van der Waals surface area contributed by atoms with Crippen LogP contribution in [0.15, 0.2) is 18.2 Å². The van der Waals surface area contributed by atoms with E-state index in [4.69, 9.17) is 0 Å². The van der Waals surface area contributed by atoms with E-state index in [1.807, 2.05) is 0 Å². The van der Waals surface area contributed by atoms with Gasteiger partial charge in [-0.25, -0.2) is 9.37 Å². The zero-order valence-corrected chi connectivity index (χ0v) is 5.44. The predicted molar refractivity (Wildman–Crippen MR) is 36.0 cm³/mol. The Bertz CT molecular complexity index is 394. The molecule has 11 heavy (non-hydrogen) atoms. The van der Waals surface area contributed by atoms with Gasteiger partial charge < -0.3 is 4.98 Å². The van der Waals surface area contributed by atoms with Crippen LogP contribution in [0.4, 0.5) is 8.78 Å². The van der Waals surface area contributed by atoms with Crippen molar-refractivity contribution in [3.05, 3.63) is 30.1 Å². The van der Waals surface area contributed by atoms with Crippen LogP contribution < -0.4 is 0 Å². The molecule has 0 radical (unpaired) electrons. The second-order valence-corrected chi connectivity index (χ2v) is 2.19. The first-order valence-corrected chi connectivity index (χ1v) is 3.06. The molecule has 0 saturated carbocycles. The molecule has 1 heterocycles. The van der Waals surface area contributed by atoms with Crippen molar-refractivity contribution in [2.75, 3.05) is 0 Å². The number of aromatic nitrogens is 2. The quantitative estimate of drug-likeness (QED) is 0.616. The SMILES string of the molecule is Fc1ccc2nc(F)[nH]c2c1. The summed E-state index contributed by atoms with van der Waals surface area (Å²) in [7, 11) is 0. The smallest absolute Gasteiger partial charge is 0.287 e. The second kappa shape index (κ2) is 2.02. The molecule has 0 spiro atoms. The molecule has 0 bridgehead atoms. The lowest BCUT2D eigenvalue weighted by Gasteiger charge is -1.85. The fraction of sp³-hybridized carbons (Fsp3) is 0.